The molecule has 1 amide bonds. The second kappa shape index (κ2) is 8.88. The number of carbonyl (C=O) groups is 1. The lowest BCUT2D eigenvalue weighted by Crippen LogP contribution is -2.17. The van der Waals surface area contributed by atoms with E-state index in [4.69, 9.17) is 4.42 Å². The van der Waals surface area contributed by atoms with Crippen molar-refractivity contribution in [1.29, 1.82) is 0 Å². The maximum atomic E-state index is 13.4. The zero-order chi connectivity index (χ0) is 21.9. The van der Waals surface area contributed by atoms with Crippen LogP contribution in [-0.2, 0) is 6.54 Å². The zero-order valence-electron chi connectivity index (χ0n) is 17.1. The Morgan fingerprint density at radius 1 is 1.31 bits per heavy atom. The summed E-state index contributed by atoms with van der Waals surface area (Å²) in [7, 11) is 0. The van der Waals surface area contributed by atoms with E-state index in [0.717, 1.165) is 35.6 Å². The summed E-state index contributed by atoms with van der Waals surface area (Å²) in [4.78, 5) is 25.1. The van der Waals surface area contributed by atoms with Crippen molar-refractivity contribution in [2.45, 2.75) is 31.7 Å². The SMILES string of the molecule is O=C(Nc1nc(C=Cc2ncoc2C2CCC2)cs1)c1cccn1Cc1ccnc(F)c1. The largest absolute Gasteiger partial charge is 0.448 e. The maximum Gasteiger partial charge on any atom is 0.274 e. The first-order valence-electron chi connectivity index (χ1n) is 10.3. The van der Waals surface area contributed by atoms with Crippen LogP contribution in [-0.4, -0.2) is 25.4 Å². The Bertz CT molecular complexity index is 1270. The summed E-state index contributed by atoms with van der Waals surface area (Å²) in [6.07, 6.45) is 11.9. The van der Waals surface area contributed by atoms with Gasteiger partial charge in [0.25, 0.3) is 5.91 Å². The lowest BCUT2D eigenvalue weighted by Gasteiger charge is -2.23. The molecule has 4 aromatic heterocycles. The maximum absolute atomic E-state index is 13.4. The molecule has 162 valence electrons. The summed E-state index contributed by atoms with van der Waals surface area (Å²) < 4.78 is 20.7. The van der Waals surface area contributed by atoms with Crippen LogP contribution in [0.25, 0.3) is 12.2 Å². The summed E-state index contributed by atoms with van der Waals surface area (Å²) >= 11 is 1.35. The van der Waals surface area contributed by atoms with E-state index >= 15 is 0 Å². The number of rotatable bonds is 7. The second-order valence-corrected chi connectivity index (χ2v) is 8.46. The van der Waals surface area contributed by atoms with Crippen molar-refractivity contribution in [2.24, 2.45) is 0 Å². The van der Waals surface area contributed by atoms with Gasteiger partial charge in [-0.3, -0.25) is 10.1 Å². The summed E-state index contributed by atoms with van der Waals surface area (Å²) in [6, 6.07) is 6.57. The van der Waals surface area contributed by atoms with Gasteiger partial charge in [-0.25, -0.2) is 15.0 Å². The Kier molecular flexibility index (Phi) is 5.64. The topological polar surface area (TPSA) is 85.8 Å². The van der Waals surface area contributed by atoms with Crippen LogP contribution in [0.2, 0.25) is 0 Å². The monoisotopic (exact) mass is 449 g/mol. The molecule has 1 saturated carbocycles. The van der Waals surface area contributed by atoms with Gasteiger partial charge in [-0.15, -0.1) is 11.3 Å². The van der Waals surface area contributed by atoms with Crippen molar-refractivity contribution in [3.05, 3.63) is 82.8 Å². The van der Waals surface area contributed by atoms with Gasteiger partial charge in [-0.1, -0.05) is 6.42 Å². The van der Waals surface area contributed by atoms with Crippen LogP contribution in [0.1, 0.15) is 58.4 Å². The third kappa shape index (κ3) is 4.38. The molecule has 0 aromatic carbocycles. The van der Waals surface area contributed by atoms with Crippen molar-refractivity contribution >= 4 is 34.5 Å². The summed E-state index contributed by atoms with van der Waals surface area (Å²) in [6.45, 7) is 0.363. The fraction of sp³-hybridized carbons (Fsp3) is 0.217. The van der Waals surface area contributed by atoms with Gasteiger partial charge in [0, 0.05) is 30.2 Å². The quantitative estimate of drug-likeness (QED) is 0.392. The number of hydrogen-bond donors (Lipinski definition) is 1. The van der Waals surface area contributed by atoms with E-state index in [1.165, 1.54) is 36.4 Å². The molecular formula is C23H20FN5O2S. The fourth-order valence-corrected chi connectivity index (χ4v) is 4.28. The standard InChI is InChI=1S/C23H20FN5O2S/c24-20-11-15(8-9-25-20)12-29-10-2-5-19(29)22(30)28-23-27-17(13-32-23)6-7-18-21(31-14-26-18)16-3-1-4-16/h2,5-11,13-14,16H,1,3-4,12H2,(H,27,28,30). The molecule has 5 rings (SSSR count). The van der Waals surface area contributed by atoms with Crippen molar-refractivity contribution in [1.82, 2.24) is 19.5 Å². The Balaban J connectivity index is 1.25. The van der Waals surface area contributed by atoms with Gasteiger partial charge in [0.05, 0.1) is 5.69 Å². The van der Waals surface area contributed by atoms with E-state index in [-0.39, 0.29) is 5.91 Å². The molecule has 1 N–H and O–H groups in total. The predicted octanol–water partition coefficient (Wildman–Crippen LogP) is 5.21. The van der Waals surface area contributed by atoms with E-state index in [0.29, 0.717) is 23.3 Å². The molecule has 0 bridgehead atoms. The minimum atomic E-state index is -0.547. The molecule has 1 aliphatic rings. The number of carbonyl (C=O) groups excluding carboxylic acids is 1. The first kappa shape index (κ1) is 20.3. The first-order valence-corrected chi connectivity index (χ1v) is 11.2. The number of amides is 1. The molecule has 9 heteroatoms. The molecule has 4 heterocycles. The van der Waals surface area contributed by atoms with Crippen LogP contribution in [0.5, 0.6) is 0 Å². The minimum absolute atomic E-state index is 0.279. The molecule has 7 nitrogen and oxygen atoms in total. The molecule has 0 radical (unpaired) electrons. The van der Waals surface area contributed by atoms with Gasteiger partial charge in [-0.2, -0.15) is 4.39 Å². The average molecular weight is 450 g/mol. The van der Waals surface area contributed by atoms with Crippen LogP contribution in [0.4, 0.5) is 9.52 Å². The van der Waals surface area contributed by atoms with Gasteiger partial charge in [0.15, 0.2) is 11.5 Å². The number of nitrogens with one attached hydrogen (secondary N) is 1. The highest BCUT2D eigenvalue weighted by atomic mass is 32.1. The summed E-state index contributed by atoms with van der Waals surface area (Å²) in [5, 5.41) is 5.20. The number of anilines is 1. The van der Waals surface area contributed by atoms with Crippen LogP contribution in [0.15, 0.2) is 52.9 Å². The lowest BCUT2D eigenvalue weighted by atomic mass is 9.83. The van der Waals surface area contributed by atoms with Crippen molar-refractivity contribution in [2.75, 3.05) is 5.32 Å². The van der Waals surface area contributed by atoms with Crippen molar-refractivity contribution in [3.63, 3.8) is 0 Å². The number of oxazole rings is 1. The van der Waals surface area contributed by atoms with Gasteiger partial charge in [0.1, 0.15) is 17.1 Å². The molecule has 0 unspecified atom stereocenters. The number of pyridine rings is 1. The normalized spacial score (nSPS) is 14.0. The first-order chi connectivity index (χ1) is 15.7. The molecule has 0 aliphatic heterocycles. The zero-order valence-corrected chi connectivity index (χ0v) is 17.9. The van der Waals surface area contributed by atoms with Gasteiger partial charge in [-0.05, 0) is 54.8 Å². The molecule has 1 fully saturated rings. The molecule has 0 atom stereocenters. The minimum Gasteiger partial charge on any atom is -0.448 e. The highest BCUT2D eigenvalue weighted by Gasteiger charge is 2.25. The number of halogens is 1. The van der Waals surface area contributed by atoms with E-state index in [9.17, 15) is 9.18 Å². The van der Waals surface area contributed by atoms with E-state index in [1.54, 1.807) is 29.0 Å². The Labute approximate surface area is 187 Å². The number of nitrogens with zero attached hydrogens (tertiary/aromatic N) is 4. The van der Waals surface area contributed by atoms with Gasteiger partial charge in [0.2, 0.25) is 5.95 Å². The number of hydrogen-bond acceptors (Lipinski definition) is 6. The van der Waals surface area contributed by atoms with Crippen LogP contribution in [0.3, 0.4) is 0 Å². The Hall–Kier alpha value is -3.59. The van der Waals surface area contributed by atoms with Crippen molar-refractivity contribution < 1.29 is 13.6 Å². The van der Waals surface area contributed by atoms with E-state index < -0.39 is 5.95 Å². The summed E-state index contributed by atoms with van der Waals surface area (Å²) in [5.74, 6) is 0.570. The molecule has 1 aliphatic carbocycles. The third-order valence-corrected chi connectivity index (χ3v) is 6.24. The van der Waals surface area contributed by atoms with E-state index in [1.807, 2.05) is 17.5 Å². The smallest absolute Gasteiger partial charge is 0.274 e. The van der Waals surface area contributed by atoms with E-state index in [2.05, 4.69) is 20.3 Å². The average Bonchev–Trinajstić information content (AvgIpc) is 3.47. The highest BCUT2D eigenvalue weighted by molar-refractivity contribution is 7.14. The fourth-order valence-electron chi connectivity index (χ4n) is 3.61. The highest BCUT2D eigenvalue weighted by Crippen LogP contribution is 2.38. The molecule has 4 aromatic rings. The lowest BCUT2D eigenvalue weighted by molar-refractivity contribution is 0.101. The Morgan fingerprint density at radius 3 is 3.03 bits per heavy atom. The molecular weight excluding hydrogens is 429 g/mol. The van der Waals surface area contributed by atoms with Gasteiger partial charge < -0.3 is 8.98 Å². The predicted molar refractivity (Wildman–Crippen MR) is 120 cm³/mol. The van der Waals surface area contributed by atoms with Crippen molar-refractivity contribution in [3.8, 4) is 0 Å². The second-order valence-electron chi connectivity index (χ2n) is 7.60. The molecule has 32 heavy (non-hydrogen) atoms. The van der Waals surface area contributed by atoms with Crippen LogP contribution >= 0.6 is 11.3 Å². The molecule has 0 spiro atoms. The molecule has 0 saturated heterocycles. The van der Waals surface area contributed by atoms with Crippen LogP contribution < -0.4 is 5.32 Å². The van der Waals surface area contributed by atoms with Gasteiger partial charge >= 0.3 is 0 Å². The Morgan fingerprint density at radius 2 is 2.22 bits per heavy atom. The third-order valence-electron chi connectivity index (χ3n) is 5.46. The summed E-state index contributed by atoms with van der Waals surface area (Å²) in [5.41, 5.74) is 2.75. The number of thiazole rings is 1. The van der Waals surface area contributed by atoms with Crippen LogP contribution in [0, 0.1) is 5.95 Å². The number of aromatic nitrogens is 4.